The highest BCUT2D eigenvalue weighted by Gasteiger charge is 2.60. The van der Waals surface area contributed by atoms with Crippen LogP contribution >= 0.6 is 0 Å². The SMILES string of the molecule is O=C1C2ON(c3ccccc3)C(c3ccccc3F)C2C(=O)N1c1cccc(-c2ccccc2)c1. The summed E-state index contributed by atoms with van der Waals surface area (Å²) in [5.41, 5.74) is 3.29. The maximum atomic E-state index is 15.0. The Morgan fingerprint density at radius 3 is 2.03 bits per heavy atom. The fourth-order valence-corrected chi connectivity index (χ4v) is 4.95. The van der Waals surface area contributed by atoms with Crippen molar-refractivity contribution in [2.24, 2.45) is 5.92 Å². The second-order valence-corrected chi connectivity index (χ2v) is 8.61. The van der Waals surface area contributed by atoms with Gasteiger partial charge >= 0.3 is 0 Å². The summed E-state index contributed by atoms with van der Waals surface area (Å²) >= 11 is 0. The van der Waals surface area contributed by atoms with Crippen LogP contribution in [-0.4, -0.2) is 17.9 Å². The van der Waals surface area contributed by atoms with Crippen molar-refractivity contribution in [2.45, 2.75) is 12.1 Å². The predicted octanol–water partition coefficient (Wildman–Crippen LogP) is 5.54. The molecule has 2 heterocycles. The van der Waals surface area contributed by atoms with Gasteiger partial charge in [-0.3, -0.25) is 14.4 Å². The van der Waals surface area contributed by atoms with Crippen molar-refractivity contribution in [1.82, 2.24) is 0 Å². The number of hydroxylamine groups is 1. The molecule has 4 aromatic carbocycles. The van der Waals surface area contributed by atoms with Crippen molar-refractivity contribution in [3.05, 3.63) is 121 Å². The first kappa shape index (κ1) is 21.3. The standard InChI is InChI=1S/C29H21FN2O3/c30-24-17-8-7-16-23(24)26-25-27(35-32(26)21-13-5-2-6-14-21)29(34)31(28(25)33)22-15-9-12-20(18-22)19-10-3-1-4-11-19/h1-18,25-27H. The molecule has 0 radical (unpaired) electrons. The average Bonchev–Trinajstić information content (AvgIpc) is 3.41. The number of halogens is 1. The lowest BCUT2D eigenvalue weighted by molar-refractivity contribution is -0.126. The van der Waals surface area contributed by atoms with Gasteiger partial charge in [-0.15, -0.1) is 0 Å². The van der Waals surface area contributed by atoms with E-state index in [1.165, 1.54) is 16.0 Å². The molecular formula is C29H21FN2O3. The van der Waals surface area contributed by atoms with E-state index in [9.17, 15) is 14.0 Å². The summed E-state index contributed by atoms with van der Waals surface area (Å²) in [6.45, 7) is 0. The van der Waals surface area contributed by atoms with Crippen LogP contribution in [-0.2, 0) is 14.4 Å². The maximum Gasteiger partial charge on any atom is 0.266 e. The molecular weight excluding hydrogens is 443 g/mol. The highest BCUT2D eigenvalue weighted by atomic mass is 19.1. The van der Waals surface area contributed by atoms with Gasteiger partial charge < -0.3 is 0 Å². The van der Waals surface area contributed by atoms with E-state index in [1.54, 1.807) is 24.3 Å². The van der Waals surface area contributed by atoms with Crippen LogP contribution in [0.15, 0.2) is 109 Å². The Hall–Kier alpha value is -4.29. The quantitative estimate of drug-likeness (QED) is 0.372. The monoisotopic (exact) mass is 464 g/mol. The lowest BCUT2D eigenvalue weighted by atomic mass is 9.90. The molecule has 35 heavy (non-hydrogen) atoms. The number of benzene rings is 4. The Balaban J connectivity index is 1.41. The number of rotatable bonds is 4. The second-order valence-electron chi connectivity index (χ2n) is 8.61. The first-order valence-corrected chi connectivity index (χ1v) is 11.4. The van der Waals surface area contributed by atoms with Gasteiger partial charge in [-0.2, -0.15) is 0 Å². The van der Waals surface area contributed by atoms with Crippen molar-refractivity contribution < 1.29 is 18.8 Å². The van der Waals surface area contributed by atoms with Crippen LogP contribution in [0.4, 0.5) is 15.8 Å². The molecule has 2 amide bonds. The third-order valence-corrected chi connectivity index (χ3v) is 6.56. The lowest BCUT2D eigenvalue weighted by Crippen LogP contribution is -2.37. The van der Waals surface area contributed by atoms with Gasteiger partial charge in [0.15, 0.2) is 6.10 Å². The zero-order chi connectivity index (χ0) is 23.9. The maximum absolute atomic E-state index is 15.0. The number of imide groups is 1. The minimum atomic E-state index is -1.05. The minimum absolute atomic E-state index is 0.310. The van der Waals surface area contributed by atoms with E-state index < -0.39 is 35.7 Å². The summed E-state index contributed by atoms with van der Waals surface area (Å²) in [5.74, 6) is -2.20. The van der Waals surface area contributed by atoms with Gasteiger partial charge in [0.05, 0.1) is 17.4 Å². The molecule has 172 valence electrons. The first-order chi connectivity index (χ1) is 17.1. The molecule has 2 fully saturated rings. The van der Waals surface area contributed by atoms with E-state index >= 15 is 0 Å². The van der Waals surface area contributed by atoms with E-state index in [2.05, 4.69) is 0 Å². The summed E-state index contributed by atoms with van der Waals surface area (Å²) in [4.78, 5) is 34.6. The van der Waals surface area contributed by atoms with Crippen molar-refractivity contribution in [3.8, 4) is 11.1 Å². The number of nitrogens with zero attached hydrogens (tertiary/aromatic N) is 2. The fourth-order valence-electron chi connectivity index (χ4n) is 4.95. The van der Waals surface area contributed by atoms with Gasteiger partial charge in [0.2, 0.25) is 5.91 Å². The predicted molar refractivity (Wildman–Crippen MR) is 131 cm³/mol. The minimum Gasteiger partial charge on any atom is -0.273 e. The molecule has 3 atom stereocenters. The number of carbonyl (C=O) groups excluding carboxylic acids is 2. The third kappa shape index (κ3) is 3.50. The molecule has 0 bridgehead atoms. The highest BCUT2D eigenvalue weighted by molar-refractivity contribution is 6.24. The van der Waals surface area contributed by atoms with Crippen LogP contribution in [0.25, 0.3) is 11.1 Å². The molecule has 0 aromatic heterocycles. The number of amides is 2. The molecule has 6 rings (SSSR count). The number of fused-ring (bicyclic) bond motifs is 1. The first-order valence-electron chi connectivity index (χ1n) is 11.4. The molecule has 0 spiro atoms. The van der Waals surface area contributed by atoms with Gasteiger partial charge in [-0.05, 0) is 41.5 Å². The van der Waals surface area contributed by atoms with E-state index in [0.717, 1.165) is 11.1 Å². The summed E-state index contributed by atoms with van der Waals surface area (Å²) < 4.78 is 15.0. The van der Waals surface area contributed by atoms with E-state index in [0.29, 0.717) is 16.9 Å². The number of anilines is 2. The van der Waals surface area contributed by atoms with Gasteiger partial charge in [0.1, 0.15) is 11.7 Å². The highest BCUT2D eigenvalue weighted by Crippen LogP contribution is 2.48. The zero-order valence-electron chi connectivity index (χ0n) is 18.6. The summed E-state index contributed by atoms with van der Waals surface area (Å²) in [5, 5.41) is 1.50. The van der Waals surface area contributed by atoms with Crippen LogP contribution in [0, 0.1) is 11.7 Å². The molecule has 2 saturated heterocycles. The van der Waals surface area contributed by atoms with Crippen LogP contribution in [0.1, 0.15) is 11.6 Å². The fraction of sp³-hybridized carbons (Fsp3) is 0.103. The number of hydrogen-bond acceptors (Lipinski definition) is 4. The molecule has 3 unspecified atom stereocenters. The molecule has 2 aliphatic heterocycles. The Morgan fingerprint density at radius 1 is 0.657 bits per heavy atom. The molecule has 0 saturated carbocycles. The molecule has 5 nitrogen and oxygen atoms in total. The van der Waals surface area contributed by atoms with E-state index in [-0.39, 0.29) is 0 Å². The lowest BCUT2D eigenvalue weighted by Gasteiger charge is -2.29. The smallest absolute Gasteiger partial charge is 0.266 e. The topological polar surface area (TPSA) is 49.9 Å². The largest absolute Gasteiger partial charge is 0.273 e. The third-order valence-electron chi connectivity index (χ3n) is 6.56. The number of para-hydroxylation sites is 1. The summed E-state index contributed by atoms with van der Waals surface area (Å²) in [6.07, 6.45) is -1.05. The molecule has 2 aliphatic rings. The van der Waals surface area contributed by atoms with Crippen molar-refractivity contribution in [1.29, 1.82) is 0 Å². The summed E-state index contributed by atoms with van der Waals surface area (Å²) in [7, 11) is 0. The molecule has 0 N–H and O–H groups in total. The van der Waals surface area contributed by atoms with Crippen LogP contribution in [0.5, 0.6) is 0 Å². The second kappa shape index (κ2) is 8.49. The van der Waals surface area contributed by atoms with Crippen molar-refractivity contribution >= 4 is 23.2 Å². The normalized spacial score (nSPS) is 21.5. The number of carbonyl (C=O) groups is 2. The molecule has 0 aliphatic carbocycles. The van der Waals surface area contributed by atoms with E-state index in [1.807, 2.05) is 78.9 Å². The molecule has 6 heteroatoms. The van der Waals surface area contributed by atoms with Gasteiger partial charge in [-0.1, -0.05) is 78.9 Å². The average molecular weight is 464 g/mol. The Bertz CT molecular complexity index is 1410. The van der Waals surface area contributed by atoms with Crippen LogP contribution in [0.3, 0.4) is 0 Å². The van der Waals surface area contributed by atoms with Crippen molar-refractivity contribution in [3.63, 3.8) is 0 Å². The van der Waals surface area contributed by atoms with Gasteiger partial charge in [0.25, 0.3) is 5.91 Å². The van der Waals surface area contributed by atoms with Crippen LogP contribution in [0.2, 0.25) is 0 Å². The molecule has 4 aromatic rings. The number of hydrogen-bond donors (Lipinski definition) is 0. The summed E-state index contributed by atoms with van der Waals surface area (Å²) in [6, 6.07) is 31.7. The Morgan fingerprint density at radius 2 is 1.29 bits per heavy atom. The van der Waals surface area contributed by atoms with Crippen molar-refractivity contribution in [2.75, 3.05) is 9.96 Å². The Kier molecular flexibility index (Phi) is 5.16. The zero-order valence-corrected chi connectivity index (χ0v) is 18.6. The van der Waals surface area contributed by atoms with E-state index in [4.69, 9.17) is 4.84 Å². The van der Waals surface area contributed by atoms with Crippen LogP contribution < -0.4 is 9.96 Å². The van der Waals surface area contributed by atoms with Gasteiger partial charge in [0, 0.05) is 5.56 Å². The Labute approximate surface area is 201 Å². The van der Waals surface area contributed by atoms with Gasteiger partial charge in [-0.25, -0.2) is 14.4 Å².